The van der Waals surface area contributed by atoms with E-state index in [2.05, 4.69) is 5.32 Å². The van der Waals surface area contributed by atoms with Crippen LogP contribution in [0.1, 0.15) is 31.9 Å². The van der Waals surface area contributed by atoms with E-state index < -0.39 is 34.1 Å². The van der Waals surface area contributed by atoms with Gasteiger partial charge in [0.25, 0.3) is 0 Å². The molecule has 9 nitrogen and oxygen atoms in total. The number of hydrogen-bond acceptors (Lipinski definition) is 6. The Labute approximate surface area is 252 Å². The molecule has 3 aromatic rings. The summed E-state index contributed by atoms with van der Waals surface area (Å²) >= 11 is 6.50. The molecular formula is C31H36ClN3O6S. The molecule has 224 valence electrons. The number of sulfonamides is 1. The van der Waals surface area contributed by atoms with Crippen LogP contribution in [0, 0.1) is 0 Å². The molecule has 11 heteroatoms. The van der Waals surface area contributed by atoms with E-state index in [-0.39, 0.29) is 24.6 Å². The van der Waals surface area contributed by atoms with Crippen molar-refractivity contribution in [1.29, 1.82) is 0 Å². The minimum Gasteiger partial charge on any atom is -0.486 e. The lowest BCUT2D eigenvalue weighted by atomic mass is 10.0. The third kappa shape index (κ3) is 8.17. The third-order valence-corrected chi connectivity index (χ3v) is 8.07. The van der Waals surface area contributed by atoms with Gasteiger partial charge in [-0.2, -0.15) is 0 Å². The van der Waals surface area contributed by atoms with E-state index in [1.165, 1.54) is 11.0 Å². The van der Waals surface area contributed by atoms with Gasteiger partial charge in [-0.25, -0.2) is 8.42 Å². The van der Waals surface area contributed by atoms with Crippen LogP contribution in [0.3, 0.4) is 0 Å². The second-order valence-electron chi connectivity index (χ2n) is 11.2. The van der Waals surface area contributed by atoms with E-state index in [1.54, 1.807) is 36.4 Å². The number of ether oxygens (including phenoxy) is 2. The molecule has 0 spiro atoms. The van der Waals surface area contributed by atoms with E-state index >= 15 is 0 Å². The fourth-order valence-electron chi connectivity index (χ4n) is 4.62. The summed E-state index contributed by atoms with van der Waals surface area (Å²) in [6, 6.07) is 20.2. The smallest absolute Gasteiger partial charge is 0.244 e. The summed E-state index contributed by atoms with van der Waals surface area (Å²) in [5.74, 6) is -0.0524. The fourth-order valence-corrected chi connectivity index (χ4v) is 5.65. The van der Waals surface area contributed by atoms with E-state index in [0.717, 1.165) is 16.1 Å². The quantitative estimate of drug-likeness (QED) is 0.363. The number of benzene rings is 3. The number of nitrogens with one attached hydrogen (secondary N) is 1. The van der Waals surface area contributed by atoms with Gasteiger partial charge in [0.1, 0.15) is 25.8 Å². The summed E-state index contributed by atoms with van der Waals surface area (Å²) in [7, 11) is -3.92. The van der Waals surface area contributed by atoms with Crippen molar-refractivity contribution in [2.45, 2.75) is 45.3 Å². The van der Waals surface area contributed by atoms with Gasteiger partial charge in [-0.15, -0.1) is 0 Å². The fraction of sp³-hybridized carbons (Fsp3) is 0.355. The summed E-state index contributed by atoms with van der Waals surface area (Å²) in [5, 5.41) is 3.42. The Kier molecular flexibility index (Phi) is 9.68. The minimum atomic E-state index is -3.92. The van der Waals surface area contributed by atoms with Crippen LogP contribution in [0.4, 0.5) is 5.69 Å². The molecule has 0 aliphatic carbocycles. The molecule has 0 unspecified atom stereocenters. The van der Waals surface area contributed by atoms with Crippen molar-refractivity contribution >= 4 is 39.1 Å². The first-order valence-electron chi connectivity index (χ1n) is 13.6. The van der Waals surface area contributed by atoms with Gasteiger partial charge in [0.05, 0.1) is 11.9 Å². The number of carbonyl (C=O) groups is 2. The maximum absolute atomic E-state index is 14.2. The average Bonchev–Trinajstić information content (AvgIpc) is 2.93. The highest BCUT2D eigenvalue weighted by Gasteiger charge is 2.35. The zero-order valence-corrected chi connectivity index (χ0v) is 25.7. The van der Waals surface area contributed by atoms with Crippen LogP contribution >= 0.6 is 11.6 Å². The number of nitrogens with zero attached hydrogens (tertiary/aromatic N) is 2. The molecule has 1 aliphatic heterocycles. The molecule has 3 aromatic carbocycles. The highest BCUT2D eigenvalue weighted by Crippen LogP contribution is 2.35. The number of hydrogen-bond donors (Lipinski definition) is 1. The van der Waals surface area contributed by atoms with Gasteiger partial charge in [0.2, 0.25) is 21.8 Å². The third-order valence-electron chi connectivity index (χ3n) is 6.56. The van der Waals surface area contributed by atoms with Crippen LogP contribution in [-0.2, 0) is 32.6 Å². The molecule has 1 N–H and O–H groups in total. The molecule has 1 heterocycles. The lowest BCUT2D eigenvalue weighted by molar-refractivity contribution is -0.140. The van der Waals surface area contributed by atoms with Crippen LogP contribution in [0.25, 0.3) is 0 Å². The van der Waals surface area contributed by atoms with Gasteiger partial charge in [-0.05, 0) is 50.1 Å². The Hall–Kier alpha value is -3.76. The molecule has 4 rings (SSSR count). The maximum Gasteiger partial charge on any atom is 0.244 e. The van der Waals surface area contributed by atoms with E-state index in [0.29, 0.717) is 35.3 Å². The Morgan fingerprint density at radius 2 is 1.60 bits per heavy atom. The maximum atomic E-state index is 14.2. The molecule has 0 fully saturated rings. The number of anilines is 1. The molecule has 0 aromatic heterocycles. The van der Waals surface area contributed by atoms with Crippen LogP contribution in [0.5, 0.6) is 11.5 Å². The zero-order valence-electron chi connectivity index (χ0n) is 24.2. The standard InChI is InChI=1S/C31H36ClN3O6S/c1-31(2,3)33-30(37)26(18-22-10-6-5-7-11-22)34(20-23-12-8-9-13-25(23)32)29(36)21-35(42(4,38)39)24-14-15-27-28(19-24)41-17-16-40-27/h5-15,19,26H,16-18,20-21H2,1-4H3,(H,33,37)/t26-/m1/s1. The van der Waals surface area contributed by atoms with Gasteiger partial charge in [0.15, 0.2) is 11.5 Å². The summed E-state index contributed by atoms with van der Waals surface area (Å²) in [6.07, 6.45) is 1.24. The molecule has 0 bridgehead atoms. The Balaban J connectivity index is 1.75. The Morgan fingerprint density at radius 3 is 2.24 bits per heavy atom. The first-order chi connectivity index (χ1) is 19.8. The number of rotatable bonds is 10. The van der Waals surface area contributed by atoms with Gasteiger partial charge < -0.3 is 19.7 Å². The van der Waals surface area contributed by atoms with Crippen molar-refractivity contribution in [3.05, 3.63) is 88.9 Å². The van der Waals surface area contributed by atoms with Crippen LogP contribution in [-0.4, -0.2) is 62.7 Å². The molecular weight excluding hydrogens is 578 g/mol. The van der Waals surface area contributed by atoms with E-state index in [4.69, 9.17) is 21.1 Å². The predicted molar refractivity (Wildman–Crippen MR) is 163 cm³/mol. The number of halogens is 1. The van der Waals surface area contributed by atoms with Crippen LogP contribution in [0.2, 0.25) is 5.02 Å². The largest absolute Gasteiger partial charge is 0.486 e. The summed E-state index contributed by atoms with van der Waals surface area (Å²) in [6.45, 7) is 5.73. The Bertz CT molecular complexity index is 1530. The highest BCUT2D eigenvalue weighted by atomic mass is 35.5. The molecule has 0 saturated heterocycles. The van der Waals surface area contributed by atoms with Crippen molar-refractivity contribution in [3.63, 3.8) is 0 Å². The molecule has 0 saturated carbocycles. The average molecular weight is 614 g/mol. The molecule has 1 atom stereocenters. The predicted octanol–water partition coefficient (Wildman–Crippen LogP) is 4.43. The minimum absolute atomic E-state index is 0.00763. The van der Waals surface area contributed by atoms with Crippen LogP contribution in [0.15, 0.2) is 72.8 Å². The normalized spacial score (nSPS) is 13.6. The van der Waals surface area contributed by atoms with Crippen LogP contribution < -0.4 is 19.1 Å². The highest BCUT2D eigenvalue weighted by molar-refractivity contribution is 7.92. The molecule has 0 radical (unpaired) electrons. The van der Waals surface area contributed by atoms with E-state index in [1.807, 2.05) is 51.1 Å². The number of carbonyl (C=O) groups excluding carboxylic acids is 2. The van der Waals surface area contributed by atoms with Crippen molar-refractivity contribution in [2.75, 3.05) is 30.3 Å². The van der Waals surface area contributed by atoms with Crippen molar-refractivity contribution in [3.8, 4) is 11.5 Å². The molecule has 2 amide bonds. The van der Waals surface area contributed by atoms with Gasteiger partial charge in [0, 0.05) is 29.6 Å². The number of fused-ring (bicyclic) bond motifs is 1. The first-order valence-corrected chi connectivity index (χ1v) is 15.8. The monoisotopic (exact) mass is 613 g/mol. The SMILES string of the molecule is CC(C)(C)NC(=O)[C@@H](Cc1ccccc1)N(Cc1ccccc1Cl)C(=O)CN(c1ccc2c(c1)OCCO2)S(C)(=O)=O. The second-order valence-corrected chi connectivity index (χ2v) is 13.5. The zero-order chi connectivity index (χ0) is 30.5. The first kappa shape index (κ1) is 31.2. The van der Waals surface area contributed by atoms with E-state index in [9.17, 15) is 18.0 Å². The summed E-state index contributed by atoms with van der Waals surface area (Å²) in [4.78, 5) is 29.4. The molecule has 1 aliphatic rings. The van der Waals surface area contributed by atoms with Crippen molar-refractivity contribution in [2.24, 2.45) is 0 Å². The van der Waals surface area contributed by atoms with Gasteiger partial charge in [-0.1, -0.05) is 60.1 Å². The van der Waals surface area contributed by atoms with Crippen molar-refractivity contribution in [1.82, 2.24) is 10.2 Å². The summed E-state index contributed by atoms with van der Waals surface area (Å²) in [5.41, 5.74) is 1.14. The Morgan fingerprint density at radius 1 is 0.952 bits per heavy atom. The summed E-state index contributed by atoms with van der Waals surface area (Å²) < 4.78 is 38.3. The second kappa shape index (κ2) is 13.0. The molecule has 42 heavy (non-hydrogen) atoms. The topological polar surface area (TPSA) is 105 Å². The lowest BCUT2D eigenvalue weighted by Gasteiger charge is -2.35. The lowest BCUT2D eigenvalue weighted by Crippen LogP contribution is -2.56. The number of amides is 2. The van der Waals surface area contributed by atoms with Gasteiger partial charge >= 0.3 is 0 Å². The van der Waals surface area contributed by atoms with Crippen molar-refractivity contribution < 1.29 is 27.5 Å². The van der Waals surface area contributed by atoms with Gasteiger partial charge in [-0.3, -0.25) is 13.9 Å².